The lowest BCUT2D eigenvalue weighted by Gasteiger charge is -2.04. The van der Waals surface area contributed by atoms with E-state index >= 15 is 0 Å². The van der Waals surface area contributed by atoms with Gasteiger partial charge in [0.25, 0.3) is 0 Å². The van der Waals surface area contributed by atoms with Crippen molar-refractivity contribution in [1.29, 1.82) is 0 Å². The zero-order valence-corrected chi connectivity index (χ0v) is 7.69. The van der Waals surface area contributed by atoms with E-state index in [0.29, 0.717) is 0 Å². The molecule has 0 aliphatic carbocycles. The SMILES string of the molecule is C=CC(=O)OCCOC(=O)C(=C)CO. The highest BCUT2D eigenvalue weighted by Gasteiger charge is 2.06. The van der Waals surface area contributed by atoms with Crippen LogP contribution >= 0.6 is 0 Å². The van der Waals surface area contributed by atoms with Crippen LogP contribution in [0.2, 0.25) is 0 Å². The summed E-state index contributed by atoms with van der Waals surface area (Å²) in [5, 5.41) is 8.49. The van der Waals surface area contributed by atoms with Crippen LogP contribution in [-0.2, 0) is 19.1 Å². The van der Waals surface area contributed by atoms with E-state index < -0.39 is 18.5 Å². The second-order valence-corrected chi connectivity index (χ2v) is 2.27. The summed E-state index contributed by atoms with van der Waals surface area (Å²) < 4.78 is 9.11. The van der Waals surface area contributed by atoms with E-state index in [0.717, 1.165) is 6.08 Å². The highest BCUT2D eigenvalue weighted by atomic mass is 16.6. The highest BCUT2D eigenvalue weighted by Crippen LogP contribution is 1.92. The normalized spacial score (nSPS) is 8.93. The average Bonchev–Trinajstić information content (AvgIpc) is 2.22. The van der Waals surface area contributed by atoms with Crippen LogP contribution in [0.15, 0.2) is 24.8 Å². The lowest BCUT2D eigenvalue weighted by Crippen LogP contribution is -2.15. The van der Waals surface area contributed by atoms with Crippen molar-refractivity contribution < 1.29 is 24.2 Å². The Balaban J connectivity index is 3.55. The summed E-state index contributed by atoms with van der Waals surface area (Å²) in [5.41, 5.74) is -0.0416. The smallest absolute Gasteiger partial charge is 0.335 e. The van der Waals surface area contributed by atoms with E-state index in [1.54, 1.807) is 0 Å². The molecule has 5 heteroatoms. The summed E-state index contributed by atoms with van der Waals surface area (Å²) in [5.74, 6) is -1.29. The largest absolute Gasteiger partial charge is 0.459 e. The van der Waals surface area contributed by atoms with Crippen molar-refractivity contribution in [2.24, 2.45) is 0 Å². The molecule has 0 fully saturated rings. The van der Waals surface area contributed by atoms with Gasteiger partial charge in [-0.1, -0.05) is 13.2 Å². The molecule has 0 aromatic carbocycles. The first-order valence-corrected chi connectivity index (χ1v) is 3.86. The highest BCUT2D eigenvalue weighted by molar-refractivity contribution is 5.87. The van der Waals surface area contributed by atoms with Gasteiger partial charge in [0.1, 0.15) is 13.2 Å². The van der Waals surface area contributed by atoms with Crippen LogP contribution < -0.4 is 0 Å². The second kappa shape index (κ2) is 6.85. The Hall–Kier alpha value is -1.62. The van der Waals surface area contributed by atoms with Crippen molar-refractivity contribution in [2.45, 2.75) is 0 Å². The fourth-order valence-electron chi connectivity index (χ4n) is 0.502. The van der Waals surface area contributed by atoms with Crippen molar-refractivity contribution in [1.82, 2.24) is 0 Å². The van der Waals surface area contributed by atoms with Crippen LogP contribution in [0.1, 0.15) is 0 Å². The molecule has 0 radical (unpaired) electrons. The van der Waals surface area contributed by atoms with E-state index in [2.05, 4.69) is 22.6 Å². The third kappa shape index (κ3) is 5.10. The molecule has 0 aromatic heterocycles. The first-order valence-electron chi connectivity index (χ1n) is 3.86. The minimum absolute atomic E-state index is 0.0416. The van der Waals surface area contributed by atoms with Crippen LogP contribution in [0, 0.1) is 0 Å². The molecule has 14 heavy (non-hydrogen) atoms. The average molecular weight is 200 g/mol. The van der Waals surface area contributed by atoms with Gasteiger partial charge in [0.15, 0.2) is 0 Å². The van der Waals surface area contributed by atoms with Gasteiger partial charge in [-0.05, 0) is 0 Å². The topological polar surface area (TPSA) is 72.8 Å². The number of aliphatic hydroxyl groups is 1. The van der Waals surface area contributed by atoms with Crippen LogP contribution in [-0.4, -0.2) is 36.9 Å². The maximum Gasteiger partial charge on any atom is 0.335 e. The Morgan fingerprint density at radius 1 is 1.29 bits per heavy atom. The van der Waals surface area contributed by atoms with E-state index in [9.17, 15) is 9.59 Å². The molecule has 1 N–H and O–H groups in total. The van der Waals surface area contributed by atoms with Gasteiger partial charge in [0.2, 0.25) is 0 Å². The summed E-state index contributed by atoms with van der Waals surface area (Å²) in [6.07, 6.45) is 1.01. The van der Waals surface area contributed by atoms with Crippen molar-refractivity contribution in [3.05, 3.63) is 24.8 Å². The van der Waals surface area contributed by atoms with Crippen molar-refractivity contribution in [3.63, 3.8) is 0 Å². The molecule has 0 bridgehead atoms. The monoisotopic (exact) mass is 200 g/mol. The van der Waals surface area contributed by atoms with Crippen molar-refractivity contribution in [2.75, 3.05) is 19.8 Å². The lowest BCUT2D eigenvalue weighted by molar-refractivity contribution is -0.146. The van der Waals surface area contributed by atoms with Gasteiger partial charge in [0, 0.05) is 6.08 Å². The fourth-order valence-corrected chi connectivity index (χ4v) is 0.502. The van der Waals surface area contributed by atoms with E-state index in [1.807, 2.05) is 0 Å². The number of aliphatic hydroxyl groups excluding tert-OH is 1. The third-order valence-corrected chi connectivity index (χ3v) is 1.21. The Kier molecular flexibility index (Phi) is 6.06. The molecule has 5 nitrogen and oxygen atoms in total. The molecule has 0 saturated carbocycles. The lowest BCUT2D eigenvalue weighted by atomic mass is 10.3. The molecule has 0 aliphatic heterocycles. The molecule has 0 atom stereocenters. The Morgan fingerprint density at radius 2 is 1.86 bits per heavy atom. The van der Waals surface area contributed by atoms with Gasteiger partial charge >= 0.3 is 11.9 Å². The molecule has 0 aliphatic rings. The number of hydrogen-bond donors (Lipinski definition) is 1. The molecule has 78 valence electrons. The Labute approximate surface area is 81.6 Å². The predicted octanol–water partition coefficient (Wildman–Crippen LogP) is -0.193. The number of rotatable bonds is 6. The Morgan fingerprint density at radius 3 is 2.36 bits per heavy atom. The van der Waals surface area contributed by atoms with Gasteiger partial charge < -0.3 is 14.6 Å². The number of carbonyl (C=O) groups excluding carboxylic acids is 2. The molecular formula is C9H12O5. The van der Waals surface area contributed by atoms with Gasteiger partial charge in [-0.25, -0.2) is 9.59 Å². The molecule has 0 spiro atoms. The number of hydrogen-bond acceptors (Lipinski definition) is 5. The van der Waals surface area contributed by atoms with Crippen LogP contribution in [0.5, 0.6) is 0 Å². The minimum atomic E-state index is -0.706. The molecule has 0 unspecified atom stereocenters. The number of carbonyl (C=O) groups is 2. The Bertz CT molecular complexity index is 244. The molecule has 0 heterocycles. The molecule has 0 aromatic rings. The molecular weight excluding hydrogens is 188 g/mol. The zero-order chi connectivity index (χ0) is 11.0. The third-order valence-electron chi connectivity index (χ3n) is 1.21. The van der Waals surface area contributed by atoms with Gasteiger partial charge in [-0.2, -0.15) is 0 Å². The maximum atomic E-state index is 10.8. The second-order valence-electron chi connectivity index (χ2n) is 2.27. The van der Waals surface area contributed by atoms with Crippen LogP contribution in [0.3, 0.4) is 0 Å². The predicted molar refractivity (Wildman–Crippen MR) is 48.3 cm³/mol. The van der Waals surface area contributed by atoms with Crippen molar-refractivity contribution >= 4 is 11.9 Å². The quantitative estimate of drug-likeness (QED) is 0.365. The van der Waals surface area contributed by atoms with Crippen LogP contribution in [0.4, 0.5) is 0 Å². The number of ether oxygens (including phenoxy) is 2. The van der Waals surface area contributed by atoms with E-state index in [1.165, 1.54) is 0 Å². The van der Waals surface area contributed by atoms with E-state index in [4.69, 9.17) is 5.11 Å². The molecule has 0 rings (SSSR count). The zero-order valence-electron chi connectivity index (χ0n) is 7.69. The van der Waals surface area contributed by atoms with Gasteiger partial charge in [0.05, 0.1) is 12.2 Å². The summed E-state index contributed by atoms with van der Waals surface area (Å²) in [6, 6.07) is 0. The van der Waals surface area contributed by atoms with Gasteiger partial charge in [-0.15, -0.1) is 0 Å². The fraction of sp³-hybridized carbons (Fsp3) is 0.333. The summed E-state index contributed by atoms with van der Waals surface area (Å²) in [6.45, 7) is 5.87. The van der Waals surface area contributed by atoms with E-state index in [-0.39, 0.29) is 18.8 Å². The first-order chi connectivity index (χ1) is 6.61. The van der Waals surface area contributed by atoms with Crippen LogP contribution in [0.25, 0.3) is 0 Å². The van der Waals surface area contributed by atoms with Crippen molar-refractivity contribution in [3.8, 4) is 0 Å². The molecule has 0 saturated heterocycles. The summed E-state index contributed by atoms with van der Waals surface area (Å²) in [7, 11) is 0. The maximum absolute atomic E-state index is 10.8. The van der Waals surface area contributed by atoms with Gasteiger partial charge in [-0.3, -0.25) is 0 Å². The summed E-state index contributed by atoms with van der Waals surface area (Å²) >= 11 is 0. The molecule has 0 amide bonds. The number of esters is 2. The first kappa shape index (κ1) is 12.4. The minimum Gasteiger partial charge on any atom is -0.459 e. The standard InChI is InChI=1S/C9H12O5/c1-3-8(11)13-4-5-14-9(12)7(2)6-10/h3,10H,1-2,4-6H2. The summed E-state index contributed by atoms with van der Waals surface area (Å²) in [4.78, 5) is 21.4.